The number of benzene rings is 2. The summed E-state index contributed by atoms with van der Waals surface area (Å²) in [6.45, 7) is 5.59. The molecule has 1 amide bonds. The van der Waals surface area contributed by atoms with Crippen LogP contribution in [0.15, 0.2) is 84.0 Å². The zero-order valence-corrected chi connectivity index (χ0v) is 19.8. The molecule has 0 spiro atoms. The number of aryl methyl sites for hydroxylation is 1. The molecule has 0 unspecified atom stereocenters. The molecule has 2 heterocycles. The van der Waals surface area contributed by atoms with Crippen molar-refractivity contribution in [1.82, 2.24) is 14.5 Å². The summed E-state index contributed by atoms with van der Waals surface area (Å²) in [4.78, 5) is 32.7. The SMILES string of the molecule is CC(C)COc1ccc(CN(Cc2ccncc2)C(=O)c2cn(C)c3ccccc3c2=O)cc1. The number of hydrogen-bond acceptors (Lipinski definition) is 4. The second-order valence-electron chi connectivity index (χ2n) is 8.87. The molecule has 6 heteroatoms. The standard InChI is InChI=1S/C28H29N3O3/c1-20(2)19-34-23-10-8-21(9-11-23)16-31(17-22-12-14-29-15-13-22)28(33)25-18-30(3)26-7-5-4-6-24(26)27(25)32/h4-15,18,20H,16-17,19H2,1-3H3. The highest BCUT2D eigenvalue weighted by atomic mass is 16.5. The van der Waals surface area contributed by atoms with Gasteiger partial charge in [-0.1, -0.05) is 38.1 Å². The van der Waals surface area contributed by atoms with Gasteiger partial charge in [-0.2, -0.15) is 0 Å². The van der Waals surface area contributed by atoms with Crippen molar-refractivity contribution in [3.63, 3.8) is 0 Å². The van der Waals surface area contributed by atoms with Gasteiger partial charge in [-0.15, -0.1) is 0 Å². The second kappa shape index (κ2) is 10.3. The number of amides is 1. The molecule has 4 rings (SSSR count). The summed E-state index contributed by atoms with van der Waals surface area (Å²) in [7, 11) is 1.85. The summed E-state index contributed by atoms with van der Waals surface area (Å²) in [5.41, 5.74) is 2.60. The average molecular weight is 456 g/mol. The van der Waals surface area contributed by atoms with E-state index in [0.717, 1.165) is 22.4 Å². The van der Waals surface area contributed by atoms with E-state index in [2.05, 4.69) is 18.8 Å². The number of carbonyl (C=O) groups excluding carboxylic acids is 1. The van der Waals surface area contributed by atoms with E-state index in [-0.39, 0.29) is 16.9 Å². The van der Waals surface area contributed by atoms with Crippen molar-refractivity contribution >= 4 is 16.8 Å². The maximum atomic E-state index is 13.7. The first-order valence-electron chi connectivity index (χ1n) is 11.4. The van der Waals surface area contributed by atoms with E-state index in [4.69, 9.17) is 4.74 Å². The minimum atomic E-state index is -0.303. The molecule has 6 nitrogen and oxygen atoms in total. The Bertz CT molecular complexity index is 1330. The molecule has 2 aromatic heterocycles. The minimum absolute atomic E-state index is 0.159. The van der Waals surface area contributed by atoms with Crippen LogP contribution in [0.1, 0.15) is 35.3 Å². The van der Waals surface area contributed by atoms with Crippen LogP contribution in [-0.4, -0.2) is 27.0 Å². The highest BCUT2D eigenvalue weighted by molar-refractivity contribution is 5.97. The van der Waals surface area contributed by atoms with Gasteiger partial charge in [-0.25, -0.2) is 0 Å². The molecule has 0 fully saturated rings. The topological polar surface area (TPSA) is 64.4 Å². The van der Waals surface area contributed by atoms with Crippen LogP contribution in [0.3, 0.4) is 0 Å². The average Bonchev–Trinajstić information content (AvgIpc) is 2.85. The molecule has 0 bridgehead atoms. The first-order chi connectivity index (χ1) is 16.4. The quantitative estimate of drug-likeness (QED) is 0.382. The number of aromatic nitrogens is 2. The van der Waals surface area contributed by atoms with Crippen LogP contribution in [-0.2, 0) is 20.1 Å². The van der Waals surface area contributed by atoms with Crippen LogP contribution in [0.25, 0.3) is 10.9 Å². The molecule has 0 N–H and O–H groups in total. The maximum absolute atomic E-state index is 13.7. The Hall–Kier alpha value is -3.93. The lowest BCUT2D eigenvalue weighted by Crippen LogP contribution is -2.34. The lowest BCUT2D eigenvalue weighted by atomic mass is 10.1. The van der Waals surface area contributed by atoms with Gasteiger partial charge in [-0.05, 0) is 53.4 Å². The molecule has 0 saturated carbocycles. The fraction of sp³-hybridized carbons (Fsp3) is 0.250. The van der Waals surface area contributed by atoms with Gasteiger partial charge < -0.3 is 14.2 Å². The Morgan fingerprint density at radius 1 is 0.971 bits per heavy atom. The summed E-state index contributed by atoms with van der Waals surface area (Å²) in [5.74, 6) is 0.939. The monoisotopic (exact) mass is 455 g/mol. The molecular weight excluding hydrogens is 426 g/mol. The Morgan fingerprint density at radius 3 is 2.29 bits per heavy atom. The highest BCUT2D eigenvalue weighted by Crippen LogP contribution is 2.18. The van der Waals surface area contributed by atoms with Crippen molar-refractivity contribution in [2.75, 3.05) is 6.61 Å². The van der Waals surface area contributed by atoms with E-state index < -0.39 is 0 Å². The first-order valence-corrected chi connectivity index (χ1v) is 11.4. The van der Waals surface area contributed by atoms with Crippen LogP contribution >= 0.6 is 0 Å². The predicted molar refractivity (Wildman–Crippen MR) is 134 cm³/mol. The normalized spacial score (nSPS) is 11.1. The number of para-hydroxylation sites is 1. The van der Waals surface area contributed by atoms with Crippen LogP contribution in [0.2, 0.25) is 0 Å². The molecule has 4 aromatic rings. The van der Waals surface area contributed by atoms with Gasteiger partial charge in [0.2, 0.25) is 5.43 Å². The molecule has 0 saturated heterocycles. The van der Waals surface area contributed by atoms with E-state index in [1.807, 2.05) is 66.2 Å². The molecule has 34 heavy (non-hydrogen) atoms. The van der Waals surface area contributed by atoms with Gasteiger partial charge in [0.25, 0.3) is 5.91 Å². The highest BCUT2D eigenvalue weighted by Gasteiger charge is 2.21. The maximum Gasteiger partial charge on any atom is 0.259 e. The van der Waals surface area contributed by atoms with Crippen molar-refractivity contribution < 1.29 is 9.53 Å². The van der Waals surface area contributed by atoms with Crippen molar-refractivity contribution in [2.24, 2.45) is 13.0 Å². The lowest BCUT2D eigenvalue weighted by molar-refractivity contribution is 0.0728. The molecule has 174 valence electrons. The smallest absolute Gasteiger partial charge is 0.259 e. The van der Waals surface area contributed by atoms with E-state index in [9.17, 15) is 9.59 Å². The molecular formula is C28H29N3O3. The van der Waals surface area contributed by atoms with Crippen LogP contribution in [0.4, 0.5) is 0 Å². The zero-order valence-electron chi connectivity index (χ0n) is 19.8. The largest absolute Gasteiger partial charge is 0.493 e. The third-order valence-electron chi connectivity index (χ3n) is 5.62. The van der Waals surface area contributed by atoms with Gasteiger partial charge in [-0.3, -0.25) is 14.6 Å². The van der Waals surface area contributed by atoms with Crippen LogP contribution in [0, 0.1) is 5.92 Å². The minimum Gasteiger partial charge on any atom is -0.493 e. The summed E-state index contributed by atoms with van der Waals surface area (Å²) >= 11 is 0. The van der Waals surface area contributed by atoms with E-state index >= 15 is 0 Å². The summed E-state index contributed by atoms with van der Waals surface area (Å²) in [5, 5.41) is 0.534. The fourth-order valence-corrected chi connectivity index (χ4v) is 3.85. The first kappa shape index (κ1) is 23.2. The van der Waals surface area contributed by atoms with E-state index in [1.165, 1.54) is 0 Å². The number of ether oxygens (including phenoxy) is 1. The van der Waals surface area contributed by atoms with Crippen LogP contribution in [0.5, 0.6) is 5.75 Å². The number of nitrogens with zero attached hydrogens (tertiary/aromatic N) is 3. The summed E-state index contributed by atoms with van der Waals surface area (Å²) in [6.07, 6.45) is 5.04. The number of rotatable bonds is 8. The second-order valence-corrected chi connectivity index (χ2v) is 8.87. The molecule has 0 aliphatic heterocycles. The lowest BCUT2D eigenvalue weighted by Gasteiger charge is -2.23. The number of fused-ring (bicyclic) bond motifs is 1. The van der Waals surface area contributed by atoms with Crippen molar-refractivity contribution in [2.45, 2.75) is 26.9 Å². The van der Waals surface area contributed by atoms with Gasteiger partial charge in [0, 0.05) is 44.1 Å². The van der Waals surface area contributed by atoms with E-state index in [1.54, 1.807) is 29.6 Å². The summed E-state index contributed by atoms with van der Waals surface area (Å²) in [6, 6.07) is 18.8. The number of pyridine rings is 2. The van der Waals surface area contributed by atoms with Crippen molar-refractivity contribution in [3.05, 3.63) is 106 Å². The summed E-state index contributed by atoms with van der Waals surface area (Å²) < 4.78 is 7.61. The molecule has 0 aliphatic rings. The van der Waals surface area contributed by atoms with E-state index in [0.29, 0.717) is 31.0 Å². The van der Waals surface area contributed by atoms with Gasteiger partial charge in [0.15, 0.2) is 0 Å². The van der Waals surface area contributed by atoms with Gasteiger partial charge >= 0.3 is 0 Å². The van der Waals surface area contributed by atoms with Crippen LogP contribution < -0.4 is 10.2 Å². The molecule has 0 aliphatic carbocycles. The van der Waals surface area contributed by atoms with Crippen molar-refractivity contribution in [3.8, 4) is 5.75 Å². The Kier molecular flexibility index (Phi) is 7.07. The number of hydrogen-bond donors (Lipinski definition) is 0. The zero-order chi connectivity index (χ0) is 24.1. The number of carbonyl (C=O) groups is 1. The Balaban J connectivity index is 1.65. The third-order valence-corrected chi connectivity index (χ3v) is 5.62. The van der Waals surface area contributed by atoms with Gasteiger partial charge in [0.1, 0.15) is 11.3 Å². The Labute approximate surface area is 199 Å². The van der Waals surface area contributed by atoms with Gasteiger partial charge in [0.05, 0.1) is 12.1 Å². The molecule has 0 radical (unpaired) electrons. The molecule has 0 atom stereocenters. The predicted octanol–water partition coefficient (Wildman–Crippen LogP) is 4.81. The molecule has 2 aromatic carbocycles. The third kappa shape index (κ3) is 5.34. The fourth-order valence-electron chi connectivity index (χ4n) is 3.85. The van der Waals surface area contributed by atoms with Crippen molar-refractivity contribution in [1.29, 1.82) is 0 Å². The Morgan fingerprint density at radius 2 is 1.62 bits per heavy atom.